The molecule has 34 heavy (non-hydrogen) atoms. The number of hydrogen-bond donors (Lipinski definition) is 1. The molecule has 11 nitrogen and oxygen atoms in total. The van der Waals surface area contributed by atoms with E-state index in [0.29, 0.717) is 43.0 Å². The maximum absolute atomic E-state index is 12.3. The molecule has 0 unspecified atom stereocenters. The van der Waals surface area contributed by atoms with Crippen LogP contribution in [0.2, 0.25) is 0 Å². The van der Waals surface area contributed by atoms with E-state index in [0.717, 1.165) is 0 Å². The van der Waals surface area contributed by atoms with Crippen molar-refractivity contribution in [3.05, 3.63) is 52.6 Å². The molecule has 3 aromatic rings. The van der Waals surface area contributed by atoms with Gasteiger partial charge in [-0.1, -0.05) is 17.3 Å². The van der Waals surface area contributed by atoms with Crippen LogP contribution in [0.3, 0.4) is 0 Å². The Morgan fingerprint density at radius 2 is 1.85 bits per heavy atom. The molecule has 1 aromatic heterocycles. The highest BCUT2D eigenvalue weighted by Crippen LogP contribution is 2.34. The SMILES string of the molecule is CC(C)(C)OC(=O)N1CCN(c2ccc(-c3nc(-c4cccc(O)c4)no3)cc2[N+](=O)[O-])CC1. The van der Waals surface area contributed by atoms with Gasteiger partial charge in [-0.2, -0.15) is 4.98 Å². The van der Waals surface area contributed by atoms with E-state index in [4.69, 9.17) is 9.26 Å². The van der Waals surface area contributed by atoms with Crippen LogP contribution in [-0.2, 0) is 4.74 Å². The number of nitro groups is 1. The fraction of sp³-hybridized carbons (Fsp3) is 0.348. The van der Waals surface area contributed by atoms with Crippen LogP contribution in [0.15, 0.2) is 47.0 Å². The molecule has 1 fully saturated rings. The number of amides is 1. The third-order valence-electron chi connectivity index (χ3n) is 5.22. The number of carbonyl (C=O) groups is 1. The van der Waals surface area contributed by atoms with Gasteiger partial charge in [0.2, 0.25) is 5.82 Å². The summed E-state index contributed by atoms with van der Waals surface area (Å²) in [7, 11) is 0. The molecule has 2 heterocycles. The quantitative estimate of drug-likeness (QED) is 0.445. The van der Waals surface area contributed by atoms with Gasteiger partial charge in [-0.15, -0.1) is 0 Å². The topological polar surface area (TPSA) is 135 Å². The molecule has 0 atom stereocenters. The maximum atomic E-state index is 12.3. The highest BCUT2D eigenvalue weighted by atomic mass is 16.6. The number of rotatable bonds is 4. The highest BCUT2D eigenvalue weighted by Gasteiger charge is 2.29. The Morgan fingerprint density at radius 1 is 1.12 bits per heavy atom. The first-order valence-electron chi connectivity index (χ1n) is 10.8. The summed E-state index contributed by atoms with van der Waals surface area (Å²) in [5.41, 5.74) is 0.731. The molecule has 1 N–H and O–H groups in total. The van der Waals surface area contributed by atoms with Crippen molar-refractivity contribution in [1.82, 2.24) is 15.0 Å². The molecule has 0 bridgehead atoms. The number of hydrogen-bond acceptors (Lipinski definition) is 9. The first-order chi connectivity index (χ1) is 16.1. The number of aromatic hydroxyl groups is 1. The van der Waals surface area contributed by atoms with Gasteiger partial charge in [0.25, 0.3) is 11.6 Å². The van der Waals surface area contributed by atoms with E-state index < -0.39 is 16.6 Å². The lowest BCUT2D eigenvalue weighted by molar-refractivity contribution is -0.384. The number of ether oxygens (including phenoxy) is 1. The Hall–Kier alpha value is -4.15. The van der Waals surface area contributed by atoms with Gasteiger partial charge in [0.05, 0.1) is 4.92 Å². The van der Waals surface area contributed by atoms with Gasteiger partial charge in [0, 0.05) is 43.4 Å². The van der Waals surface area contributed by atoms with E-state index in [2.05, 4.69) is 10.1 Å². The number of phenols is 1. The first kappa shape index (κ1) is 23.0. The van der Waals surface area contributed by atoms with Crippen LogP contribution in [0, 0.1) is 10.1 Å². The van der Waals surface area contributed by atoms with Crippen LogP contribution < -0.4 is 4.90 Å². The number of nitro benzene ring substituents is 1. The van der Waals surface area contributed by atoms with Crippen LogP contribution in [0.1, 0.15) is 20.8 Å². The Balaban J connectivity index is 1.52. The highest BCUT2D eigenvalue weighted by molar-refractivity contribution is 5.73. The number of phenolic OH excluding ortho intramolecular Hbond substituents is 1. The van der Waals surface area contributed by atoms with Gasteiger partial charge >= 0.3 is 6.09 Å². The zero-order chi connectivity index (χ0) is 24.5. The normalized spacial score (nSPS) is 14.2. The summed E-state index contributed by atoms with van der Waals surface area (Å²) in [5, 5.41) is 25.4. The lowest BCUT2D eigenvalue weighted by Gasteiger charge is -2.36. The fourth-order valence-corrected chi connectivity index (χ4v) is 3.63. The molecule has 2 aromatic carbocycles. The van der Waals surface area contributed by atoms with Crippen molar-refractivity contribution in [3.63, 3.8) is 0 Å². The van der Waals surface area contributed by atoms with Gasteiger partial charge in [-0.25, -0.2) is 4.79 Å². The average Bonchev–Trinajstić information content (AvgIpc) is 3.28. The number of piperazine rings is 1. The zero-order valence-electron chi connectivity index (χ0n) is 19.1. The Kier molecular flexibility index (Phi) is 6.10. The van der Waals surface area contributed by atoms with Crippen molar-refractivity contribution in [3.8, 4) is 28.6 Å². The summed E-state index contributed by atoms with van der Waals surface area (Å²) in [5.74, 6) is 0.453. The van der Waals surface area contributed by atoms with Crippen LogP contribution in [-0.4, -0.2) is 62.9 Å². The maximum Gasteiger partial charge on any atom is 0.410 e. The Morgan fingerprint density at radius 3 is 2.50 bits per heavy atom. The predicted molar refractivity (Wildman–Crippen MR) is 124 cm³/mol. The van der Waals surface area contributed by atoms with E-state index in [-0.39, 0.29) is 23.2 Å². The summed E-state index contributed by atoms with van der Waals surface area (Å²) in [6, 6.07) is 11.1. The molecule has 178 valence electrons. The number of nitrogens with zero attached hydrogens (tertiary/aromatic N) is 5. The van der Waals surface area contributed by atoms with Crippen LogP contribution >= 0.6 is 0 Å². The minimum Gasteiger partial charge on any atom is -0.508 e. The van der Waals surface area contributed by atoms with E-state index in [1.807, 2.05) is 25.7 Å². The van der Waals surface area contributed by atoms with E-state index in [1.165, 1.54) is 18.2 Å². The molecule has 1 aliphatic heterocycles. The molecule has 1 amide bonds. The summed E-state index contributed by atoms with van der Waals surface area (Å²) in [4.78, 5) is 31.5. The summed E-state index contributed by atoms with van der Waals surface area (Å²) in [6.07, 6.45) is -0.393. The average molecular weight is 467 g/mol. The second-order valence-corrected chi connectivity index (χ2v) is 8.89. The smallest absolute Gasteiger partial charge is 0.410 e. The van der Waals surface area contributed by atoms with Gasteiger partial charge in [-0.3, -0.25) is 10.1 Å². The molecule has 11 heteroatoms. The number of anilines is 1. The Labute approximate surface area is 195 Å². The van der Waals surface area contributed by atoms with E-state index in [1.54, 1.807) is 29.2 Å². The molecule has 1 saturated heterocycles. The first-order valence-corrected chi connectivity index (χ1v) is 10.8. The van der Waals surface area contributed by atoms with Gasteiger partial charge < -0.3 is 24.2 Å². The molecule has 0 radical (unpaired) electrons. The zero-order valence-corrected chi connectivity index (χ0v) is 19.1. The Bertz CT molecular complexity index is 1210. The molecular formula is C23H25N5O6. The van der Waals surface area contributed by atoms with Crippen molar-refractivity contribution in [1.29, 1.82) is 0 Å². The van der Waals surface area contributed by atoms with Gasteiger partial charge in [0.15, 0.2) is 0 Å². The third-order valence-corrected chi connectivity index (χ3v) is 5.22. The third kappa shape index (κ3) is 5.08. The standard InChI is InChI=1S/C23H25N5O6/c1-23(2,3)33-22(30)27-11-9-26(10-12-27)18-8-7-16(14-19(18)28(31)32)21-24-20(25-34-21)15-5-4-6-17(29)13-15/h4-8,13-14,29H,9-12H2,1-3H3. The number of benzene rings is 2. The summed E-state index contributed by atoms with van der Waals surface area (Å²) in [6.45, 7) is 7.07. The van der Waals surface area contributed by atoms with Gasteiger partial charge in [0.1, 0.15) is 17.0 Å². The van der Waals surface area contributed by atoms with Crippen LogP contribution in [0.5, 0.6) is 5.75 Å². The lowest BCUT2D eigenvalue weighted by Crippen LogP contribution is -2.50. The van der Waals surface area contributed by atoms with Crippen molar-refractivity contribution < 1.29 is 24.1 Å². The molecule has 0 aliphatic carbocycles. The fourth-order valence-electron chi connectivity index (χ4n) is 3.63. The van der Waals surface area contributed by atoms with Gasteiger partial charge in [-0.05, 0) is 45.0 Å². The van der Waals surface area contributed by atoms with Crippen molar-refractivity contribution in [2.75, 3.05) is 31.1 Å². The molecule has 1 aliphatic rings. The van der Waals surface area contributed by atoms with Crippen molar-refractivity contribution in [2.24, 2.45) is 0 Å². The molecule has 4 rings (SSSR count). The van der Waals surface area contributed by atoms with E-state index >= 15 is 0 Å². The van der Waals surface area contributed by atoms with Crippen LogP contribution in [0.25, 0.3) is 22.8 Å². The molecule has 0 spiro atoms. The number of carbonyl (C=O) groups excluding carboxylic acids is 1. The number of aromatic nitrogens is 2. The second kappa shape index (κ2) is 9.00. The lowest BCUT2D eigenvalue weighted by atomic mass is 10.1. The van der Waals surface area contributed by atoms with Crippen LogP contribution in [0.4, 0.5) is 16.2 Å². The summed E-state index contributed by atoms with van der Waals surface area (Å²) < 4.78 is 10.7. The van der Waals surface area contributed by atoms with Crippen molar-refractivity contribution >= 4 is 17.5 Å². The largest absolute Gasteiger partial charge is 0.508 e. The van der Waals surface area contributed by atoms with Crippen molar-refractivity contribution in [2.45, 2.75) is 26.4 Å². The second-order valence-electron chi connectivity index (χ2n) is 8.89. The monoisotopic (exact) mass is 467 g/mol. The predicted octanol–water partition coefficient (Wildman–Crippen LogP) is 4.07. The summed E-state index contributed by atoms with van der Waals surface area (Å²) >= 11 is 0. The van der Waals surface area contributed by atoms with E-state index in [9.17, 15) is 20.0 Å². The minimum atomic E-state index is -0.585. The minimum absolute atomic E-state index is 0.0654. The molecular weight excluding hydrogens is 442 g/mol. The molecule has 0 saturated carbocycles.